The summed E-state index contributed by atoms with van der Waals surface area (Å²) in [5.74, 6) is 0.425. The number of carbonyl (C=O) groups is 1. The highest BCUT2D eigenvalue weighted by Crippen LogP contribution is 2.29. The molecule has 0 saturated heterocycles. The number of carbonyl (C=O) groups excluding carboxylic acids is 1. The van der Waals surface area contributed by atoms with Crippen LogP contribution < -0.4 is 5.32 Å². The number of hydrogen-bond acceptors (Lipinski definition) is 5. The van der Waals surface area contributed by atoms with Crippen LogP contribution >= 0.6 is 23.1 Å². The number of amides is 1. The van der Waals surface area contributed by atoms with Gasteiger partial charge in [-0.3, -0.25) is 4.79 Å². The highest BCUT2D eigenvalue weighted by Gasteiger charge is 2.15. The molecule has 0 aliphatic carbocycles. The summed E-state index contributed by atoms with van der Waals surface area (Å²) in [4.78, 5) is 16.3. The van der Waals surface area contributed by atoms with Crippen molar-refractivity contribution in [2.75, 3.05) is 18.9 Å². The van der Waals surface area contributed by atoms with E-state index in [9.17, 15) is 9.90 Å². The van der Waals surface area contributed by atoms with E-state index in [1.807, 2.05) is 38.1 Å². The molecule has 0 spiro atoms. The van der Waals surface area contributed by atoms with Gasteiger partial charge in [-0.2, -0.15) is 0 Å². The van der Waals surface area contributed by atoms with Crippen LogP contribution in [0.4, 0.5) is 0 Å². The van der Waals surface area contributed by atoms with E-state index < -0.39 is 0 Å². The number of aliphatic hydroxyl groups is 1. The highest BCUT2D eigenvalue weighted by molar-refractivity contribution is 8.01. The number of rotatable bonds is 8. The molecule has 0 radical (unpaired) electrons. The molecule has 22 heavy (non-hydrogen) atoms. The van der Waals surface area contributed by atoms with Gasteiger partial charge in [-0.05, 0) is 30.4 Å². The van der Waals surface area contributed by atoms with Crippen LogP contribution in [-0.4, -0.2) is 34.9 Å². The highest BCUT2D eigenvalue weighted by atomic mass is 32.2. The number of thiazole rings is 1. The SMILES string of the molecule is CC(C)(CO)CCCNC(=O)CSc1nc2ccccc2s1. The Kier molecular flexibility index (Phi) is 6.23. The quantitative estimate of drug-likeness (QED) is 0.573. The third kappa shape index (κ3) is 5.26. The van der Waals surface area contributed by atoms with Crippen LogP contribution in [0.3, 0.4) is 0 Å². The molecule has 0 unspecified atom stereocenters. The summed E-state index contributed by atoms with van der Waals surface area (Å²) in [6.45, 7) is 4.88. The molecule has 0 aliphatic rings. The molecule has 6 heteroatoms. The lowest BCUT2D eigenvalue weighted by Gasteiger charge is -2.21. The molecule has 0 fully saturated rings. The second-order valence-corrected chi connectivity index (χ2v) is 8.27. The number of para-hydroxylation sites is 1. The Morgan fingerprint density at radius 1 is 1.41 bits per heavy atom. The Hall–Kier alpha value is -1.11. The molecule has 2 rings (SSSR count). The second-order valence-electron chi connectivity index (χ2n) is 6.01. The standard InChI is InChI=1S/C16H22N2O2S2/c1-16(2,11-19)8-5-9-17-14(20)10-21-15-18-12-6-3-4-7-13(12)22-15/h3-4,6-7,19H,5,8-11H2,1-2H3,(H,17,20). The fourth-order valence-corrected chi connectivity index (χ4v) is 3.86. The van der Waals surface area contributed by atoms with Gasteiger partial charge in [-0.1, -0.05) is 37.7 Å². The predicted molar refractivity (Wildman–Crippen MR) is 93.5 cm³/mol. The van der Waals surface area contributed by atoms with Crippen molar-refractivity contribution in [2.24, 2.45) is 5.41 Å². The van der Waals surface area contributed by atoms with Crippen molar-refractivity contribution in [3.8, 4) is 0 Å². The largest absolute Gasteiger partial charge is 0.396 e. The van der Waals surface area contributed by atoms with Crippen LogP contribution in [0.2, 0.25) is 0 Å². The molecule has 4 nitrogen and oxygen atoms in total. The molecule has 1 amide bonds. The van der Waals surface area contributed by atoms with E-state index in [-0.39, 0.29) is 17.9 Å². The maximum Gasteiger partial charge on any atom is 0.230 e. The molecule has 0 bridgehead atoms. The lowest BCUT2D eigenvalue weighted by atomic mass is 9.89. The second kappa shape index (κ2) is 7.94. The molecule has 1 heterocycles. The monoisotopic (exact) mass is 338 g/mol. The maximum atomic E-state index is 11.8. The van der Waals surface area contributed by atoms with Crippen molar-refractivity contribution < 1.29 is 9.90 Å². The summed E-state index contributed by atoms with van der Waals surface area (Å²) in [5, 5.41) is 12.1. The molecular weight excluding hydrogens is 316 g/mol. The van der Waals surface area contributed by atoms with E-state index in [1.54, 1.807) is 11.3 Å². The van der Waals surface area contributed by atoms with E-state index in [2.05, 4.69) is 10.3 Å². The number of fused-ring (bicyclic) bond motifs is 1. The first-order valence-corrected chi connectivity index (χ1v) is 9.16. The van der Waals surface area contributed by atoms with Crippen molar-refractivity contribution in [3.63, 3.8) is 0 Å². The van der Waals surface area contributed by atoms with Crippen molar-refractivity contribution in [1.82, 2.24) is 10.3 Å². The summed E-state index contributed by atoms with van der Waals surface area (Å²) in [6, 6.07) is 7.99. The number of nitrogens with one attached hydrogen (secondary N) is 1. The van der Waals surface area contributed by atoms with E-state index in [1.165, 1.54) is 11.8 Å². The van der Waals surface area contributed by atoms with E-state index >= 15 is 0 Å². The Bertz CT molecular complexity index is 592. The first kappa shape index (κ1) is 17.2. The molecule has 0 atom stereocenters. The molecule has 1 aromatic heterocycles. The Morgan fingerprint density at radius 3 is 2.91 bits per heavy atom. The van der Waals surface area contributed by atoms with Gasteiger partial charge in [0.05, 0.1) is 16.0 Å². The number of nitrogens with zero attached hydrogens (tertiary/aromatic N) is 1. The Morgan fingerprint density at radius 2 is 2.18 bits per heavy atom. The van der Waals surface area contributed by atoms with Gasteiger partial charge >= 0.3 is 0 Å². The zero-order valence-corrected chi connectivity index (χ0v) is 14.6. The Labute approximate surface area is 139 Å². The number of thioether (sulfide) groups is 1. The minimum absolute atomic E-state index is 0.0334. The number of hydrogen-bond donors (Lipinski definition) is 2. The first-order chi connectivity index (χ1) is 10.5. The summed E-state index contributed by atoms with van der Waals surface area (Å²) in [5.41, 5.74) is 0.919. The third-order valence-electron chi connectivity index (χ3n) is 3.38. The van der Waals surface area contributed by atoms with E-state index in [4.69, 9.17) is 0 Å². The van der Waals surface area contributed by atoms with Crippen LogP contribution in [0.25, 0.3) is 10.2 Å². The molecule has 0 aliphatic heterocycles. The van der Waals surface area contributed by atoms with Gasteiger partial charge in [0.25, 0.3) is 0 Å². The molecule has 1 aromatic carbocycles. The number of aromatic nitrogens is 1. The van der Waals surface area contributed by atoms with Gasteiger partial charge in [0.2, 0.25) is 5.91 Å². The first-order valence-electron chi connectivity index (χ1n) is 7.36. The van der Waals surface area contributed by atoms with Crippen LogP contribution in [0.1, 0.15) is 26.7 Å². The summed E-state index contributed by atoms with van der Waals surface area (Å²) < 4.78 is 2.08. The van der Waals surface area contributed by atoms with E-state index in [0.29, 0.717) is 12.3 Å². The summed E-state index contributed by atoms with van der Waals surface area (Å²) in [6.07, 6.45) is 1.78. The van der Waals surface area contributed by atoms with Crippen molar-refractivity contribution in [2.45, 2.75) is 31.0 Å². The van der Waals surface area contributed by atoms with Crippen molar-refractivity contribution in [3.05, 3.63) is 24.3 Å². The van der Waals surface area contributed by atoms with Crippen molar-refractivity contribution in [1.29, 1.82) is 0 Å². The van der Waals surface area contributed by atoms with E-state index in [0.717, 1.165) is 27.4 Å². The minimum atomic E-state index is -0.0690. The van der Waals surface area contributed by atoms with Crippen LogP contribution in [0.5, 0.6) is 0 Å². The van der Waals surface area contributed by atoms with Gasteiger partial charge in [-0.15, -0.1) is 11.3 Å². The molecule has 2 aromatic rings. The van der Waals surface area contributed by atoms with Crippen molar-refractivity contribution >= 4 is 39.2 Å². The average Bonchev–Trinajstić information content (AvgIpc) is 2.92. The fraction of sp³-hybridized carbons (Fsp3) is 0.500. The van der Waals surface area contributed by atoms with Gasteiger partial charge in [0.1, 0.15) is 0 Å². The van der Waals surface area contributed by atoms with Crippen LogP contribution in [-0.2, 0) is 4.79 Å². The summed E-state index contributed by atoms with van der Waals surface area (Å²) in [7, 11) is 0. The zero-order valence-electron chi connectivity index (χ0n) is 13.0. The zero-order chi connectivity index (χ0) is 16.0. The smallest absolute Gasteiger partial charge is 0.230 e. The lowest BCUT2D eigenvalue weighted by Crippen LogP contribution is -2.27. The van der Waals surface area contributed by atoms with Crippen LogP contribution in [0.15, 0.2) is 28.6 Å². The number of benzene rings is 1. The Balaban J connectivity index is 1.69. The predicted octanol–water partition coefficient (Wildman–Crippen LogP) is 3.30. The van der Waals surface area contributed by atoms with Gasteiger partial charge in [0.15, 0.2) is 4.34 Å². The average molecular weight is 338 g/mol. The number of aliphatic hydroxyl groups excluding tert-OH is 1. The minimum Gasteiger partial charge on any atom is -0.396 e. The lowest BCUT2D eigenvalue weighted by molar-refractivity contribution is -0.118. The summed E-state index contributed by atoms with van der Waals surface area (Å²) >= 11 is 3.10. The van der Waals surface area contributed by atoms with Crippen LogP contribution in [0, 0.1) is 5.41 Å². The molecule has 0 saturated carbocycles. The van der Waals surface area contributed by atoms with Gasteiger partial charge in [-0.25, -0.2) is 4.98 Å². The molecule has 120 valence electrons. The van der Waals surface area contributed by atoms with Gasteiger partial charge < -0.3 is 10.4 Å². The third-order valence-corrected chi connectivity index (χ3v) is 5.56. The normalized spacial score (nSPS) is 11.8. The topological polar surface area (TPSA) is 62.2 Å². The molecule has 2 N–H and O–H groups in total. The maximum absolute atomic E-state index is 11.8. The fourth-order valence-electron chi connectivity index (χ4n) is 1.96. The van der Waals surface area contributed by atoms with Gasteiger partial charge in [0, 0.05) is 13.2 Å². The molecular formula is C16H22N2O2S2.